The van der Waals surface area contributed by atoms with Crippen LogP contribution in [0, 0.1) is 0 Å². The molecule has 21 heavy (non-hydrogen) atoms. The molecule has 0 bridgehead atoms. The maximum atomic E-state index is 12.6. The second kappa shape index (κ2) is 5.37. The number of rotatable bonds is 2. The molecule has 1 saturated heterocycles. The summed E-state index contributed by atoms with van der Waals surface area (Å²) < 4.78 is 5.38. The lowest BCUT2D eigenvalue weighted by molar-refractivity contribution is -0.151. The number of hydrogen-bond donors (Lipinski definition) is 1. The predicted molar refractivity (Wildman–Crippen MR) is 77.6 cm³/mol. The molecule has 0 saturated carbocycles. The number of carboxylic acid groups (broad SMARTS) is 1. The standard InChI is InChI=1S/C15H18N2O4/c1-16-8-9-17(11-5-3-2-4-10(11)16)14(18)12-6-7-13(21-12)15(19)20/h2-5,12-13H,6-9H2,1H3,(H,19,20). The van der Waals surface area contributed by atoms with Crippen LogP contribution in [0.15, 0.2) is 24.3 Å². The molecule has 2 aliphatic rings. The number of fused-ring (bicyclic) bond motifs is 1. The summed E-state index contributed by atoms with van der Waals surface area (Å²) in [5.41, 5.74) is 1.86. The Bertz CT molecular complexity index is 575. The zero-order valence-electron chi connectivity index (χ0n) is 11.9. The van der Waals surface area contributed by atoms with Crippen LogP contribution in [0.2, 0.25) is 0 Å². The van der Waals surface area contributed by atoms with Crippen molar-refractivity contribution in [2.75, 3.05) is 29.9 Å². The number of carbonyl (C=O) groups is 2. The number of ether oxygens (including phenoxy) is 1. The molecular formula is C15H18N2O4. The van der Waals surface area contributed by atoms with Crippen LogP contribution in [0.3, 0.4) is 0 Å². The van der Waals surface area contributed by atoms with E-state index in [4.69, 9.17) is 9.84 Å². The first-order chi connectivity index (χ1) is 10.1. The van der Waals surface area contributed by atoms with Crippen molar-refractivity contribution < 1.29 is 19.4 Å². The second-order valence-corrected chi connectivity index (χ2v) is 5.43. The number of anilines is 2. The summed E-state index contributed by atoms with van der Waals surface area (Å²) in [4.78, 5) is 27.4. The topological polar surface area (TPSA) is 70.1 Å². The Morgan fingerprint density at radius 3 is 2.48 bits per heavy atom. The van der Waals surface area contributed by atoms with E-state index in [2.05, 4.69) is 4.90 Å². The number of para-hydroxylation sites is 2. The van der Waals surface area contributed by atoms with Crippen LogP contribution in [0.4, 0.5) is 11.4 Å². The zero-order chi connectivity index (χ0) is 15.0. The van der Waals surface area contributed by atoms with E-state index < -0.39 is 18.2 Å². The van der Waals surface area contributed by atoms with Crippen LogP contribution in [0.1, 0.15) is 12.8 Å². The van der Waals surface area contributed by atoms with Gasteiger partial charge in [0.25, 0.3) is 5.91 Å². The number of carbonyl (C=O) groups excluding carboxylic acids is 1. The van der Waals surface area contributed by atoms with Gasteiger partial charge in [-0.2, -0.15) is 0 Å². The van der Waals surface area contributed by atoms with Gasteiger partial charge in [-0.05, 0) is 25.0 Å². The van der Waals surface area contributed by atoms with Crippen molar-refractivity contribution in [3.05, 3.63) is 24.3 Å². The summed E-state index contributed by atoms with van der Waals surface area (Å²) >= 11 is 0. The Morgan fingerprint density at radius 1 is 1.14 bits per heavy atom. The highest BCUT2D eigenvalue weighted by Crippen LogP contribution is 2.33. The first-order valence-corrected chi connectivity index (χ1v) is 7.07. The van der Waals surface area contributed by atoms with Crippen LogP contribution in [0.5, 0.6) is 0 Å². The minimum atomic E-state index is -0.996. The molecule has 2 aliphatic heterocycles. The molecular weight excluding hydrogens is 272 g/mol. The molecule has 6 nitrogen and oxygen atoms in total. The van der Waals surface area contributed by atoms with Crippen molar-refractivity contribution in [2.24, 2.45) is 0 Å². The van der Waals surface area contributed by atoms with Gasteiger partial charge in [-0.25, -0.2) is 4.79 Å². The van der Waals surface area contributed by atoms with Crippen molar-refractivity contribution in [1.29, 1.82) is 0 Å². The van der Waals surface area contributed by atoms with Gasteiger partial charge in [0.15, 0.2) is 6.10 Å². The summed E-state index contributed by atoms with van der Waals surface area (Å²) in [6.07, 6.45) is -0.657. The Morgan fingerprint density at radius 2 is 1.81 bits per heavy atom. The third-order valence-electron chi connectivity index (χ3n) is 4.08. The number of hydrogen-bond acceptors (Lipinski definition) is 4. The van der Waals surface area contributed by atoms with Crippen molar-refractivity contribution in [3.8, 4) is 0 Å². The summed E-state index contributed by atoms with van der Waals surface area (Å²) in [7, 11) is 1.99. The summed E-state index contributed by atoms with van der Waals surface area (Å²) in [5.74, 6) is -1.14. The lowest BCUT2D eigenvalue weighted by Gasteiger charge is -2.36. The fourth-order valence-electron chi connectivity index (χ4n) is 2.91. The average molecular weight is 290 g/mol. The molecule has 0 aromatic heterocycles. The molecule has 1 amide bonds. The van der Waals surface area contributed by atoms with E-state index in [9.17, 15) is 9.59 Å². The minimum absolute atomic E-state index is 0.140. The number of amides is 1. The number of aliphatic carboxylic acids is 1. The van der Waals surface area contributed by atoms with E-state index in [1.165, 1.54) is 0 Å². The van der Waals surface area contributed by atoms with Crippen LogP contribution >= 0.6 is 0 Å². The molecule has 2 unspecified atom stereocenters. The van der Waals surface area contributed by atoms with Crippen LogP contribution in [0.25, 0.3) is 0 Å². The van der Waals surface area contributed by atoms with Gasteiger partial charge in [0.2, 0.25) is 0 Å². The lowest BCUT2D eigenvalue weighted by Crippen LogP contribution is -2.47. The van der Waals surface area contributed by atoms with Crippen LogP contribution in [-0.2, 0) is 14.3 Å². The smallest absolute Gasteiger partial charge is 0.332 e. The molecule has 112 valence electrons. The van der Waals surface area contributed by atoms with E-state index in [1.54, 1.807) is 4.90 Å². The van der Waals surface area contributed by atoms with E-state index >= 15 is 0 Å². The SMILES string of the molecule is CN1CCN(C(=O)C2CCC(C(=O)O)O2)c2ccccc21. The molecule has 1 aromatic rings. The lowest BCUT2D eigenvalue weighted by atomic mass is 10.1. The first-order valence-electron chi connectivity index (χ1n) is 7.07. The highest BCUT2D eigenvalue weighted by molar-refractivity contribution is 6.00. The minimum Gasteiger partial charge on any atom is -0.479 e. The second-order valence-electron chi connectivity index (χ2n) is 5.43. The van der Waals surface area contributed by atoms with E-state index in [0.717, 1.165) is 17.9 Å². The van der Waals surface area contributed by atoms with Crippen LogP contribution < -0.4 is 9.80 Å². The third-order valence-corrected chi connectivity index (χ3v) is 4.08. The van der Waals surface area contributed by atoms with Gasteiger partial charge in [0, 0.05) is 20.1 Å². The van der Waals surface area contributed by atoms with Gasteiger partial charge in [-0.1, -0.05) is 12.1 Å². The molecule has 0 radical (unpaired) electrons. The first kappa shape index (κ1) is 13.9. The molecule has 3 rings (SSSR count). The van der Waals surface area contributed by atoms with Crippen molar-refractivity contribution in [3.63, 3.8) is 0 Å². The largest absolute Gasteiger partial charge is 0.479 e. The molecule has 0 spiro atoms. The molecule has 0 aliphatic carbocycles. The van der Waals surface area contributed by atoms with Gasteiger partial charge in [-0.15, -0.1) is 0 Å². The van der Waals surface area contributed by atoms with E-state index in [0.29, 0.717) is 19.4 Å². The summed E-state index contributed by atoms with van der Waals surface area (Å²) in [5, 5.41) is 8.96. The molecule has 1 N–H and O–H groups in total. The number of benzene rings is 1. The van der Waals surface area contributed by atoms with Gasteiger partial charge >= 0.3 is 5.97 Å². The van der Waals surface area contributed by atoms with E-state index in [-0.39, 0.29) is 5.91 Å². The maximum Gasteiger partial charge on any atom is 0.332 e. The third kappa shape index (κ3) is 2.47. The normalized spacial score (nSPS) is 24.8. The molecule has 6 heteroatoms. The quantitative estimate of drug-likeness (QED) is 0.883. The predicted octanol–water partition coefficient (Wildman–Crippen LogP) is 1.10. The van der Waals surface area contributed by atoms with Crippen molar-refractivity contribution in [1.82, 2.24) is 0 Å². The molecule has 1 aromatic carbocycles. The van der Waals surface area contributed by atoms with Gasteiger partial charge in [-0.3, -0.25) is 4.79 Å². The summed E-state index contributed by atoms with van der Waals surface area (Å²) in [6, 6.07) is 7.72. The average Bonchev–Trinajstić information content (AvgIpc) is 2.97. The highest BCUT2D eigenvalue weighted by atomic mass is 16.5. The number of carboxylic acids is 1. The van der Waals surface area contributed by atoms with Crippen LogP contribution in [-0.4, -0.2) is 49.3 Å². The maximum absolute atomic E-state index is 12.6. The fourth-order valence-corrected chi connectivity index (χ4v) is 2.91. The summed E-state index contributed by atoms with van der Waals surface area (Å²) in [6.45, 7) is 1.34. The number of likely N-dealkylation sites (N-methyl/N-ethyl adjacent to an activating group) is 1. The van der Waals surface area contributed by atoms with E-state index in [1.807, 2.05) is 31.3 Å². The van der Waals surface area contributed by atoms with Gasteiger partial charge in [0.05, 0.1) is 11.4 Å². The Balaban J connectivity index is 1.80. The molecule has 2 heterocycles. The Hall–Kier alpha value is -2.08. The Labute approximate surface area is 122 Å². The zero-order valence-corrected chi connectivity index (χ0v) is 11.9. The van der Waals surface area contributed by atoms with Gasteiger partial charge < -0.3 is 19.6 Å². The molecule has 1 fully saturated rings. The van der Waals surface area contributed by atoms with Crippen molar-refractivity contribution in [2.45, 2.75) is 25.0 Å². The fraction of sp³-hybridized carbons (Fsp3) is 0.467. The highest BCUT2D eigenvalue weighted by Gasteiger charge is 2.38. The molecule has 2 atom stereocenters. The monoisotopic (exact) mass is 290 g/mol. The van der Waals surface area contributed by atoms with Crippen molar-refractivity contribution >= 4 is 23.3 Å². The Kier molecular flexibility index (Phi) is 3.55. The number of nitrogens with zero attached hydrogens (tertiary/aromatic N) is 2. The van der Waals surface area contributed by atoms with Gasteiger partial charge in [0.1, 0.15) is 6.10 Å².